The van der Waals surface area contributed by atoms with E-state index < -0.39 is 6.10 Å². The summed E-state index contributed by atoms with van der Waals surface area (Å²) in [5.41, 5.74) is 0. The van der Waals surface area contributed by atoms with E-state index in [1.54, 1.807) is 12.2 Å². The summed E-state index contributed by atoms with van der Waals surface area (Å²) in [5.74, 6) is 5.37. The molecule has 0 amide bonds. The summed E-state index contributed by atoms with van der Waals surface area (Å²) in [6, 6.07) is 5.57. The zero-order chi connectivity index (χ0) is 19.3. The Labute approximate surface area is 157 Å². The number of aliphatic hydroxyl groups excluding tert-OH is 1. The Hall–Kier alpha value is -2.88. The lowest BCUT2D eigenvalue weighted by Crippen LogP contribution is -2.32. The fourth-order valence-electron chi connectivity index (χ4n) is 2.08. The average Bonchev–Trinajstić information content (AvgIpc) is 2.66. The predicted octanol–water partition coefficient (Wildman–Crippen LogP) is 2.57. The third-order valence-electron chi connectivity index (χ3n) is 3.37. The molecule has 2 unspecified atom stereocenters. The minimum atomic E-state index is -0.811. The van der Waals surface area contributed by atoms with Gasteiger partial charge < -0.3 is 19.3 Å². The number of hydrogen-bond acceptors (Lipinski definition) is 5. The largest absolute Gasteiger partial charge is 0.491 e. The summed E-state index contributed by atoms with van der Waals surface area (Å²) in [4.78, 5) is 11.0. The summed E-state index contributed by atoms with van der Waals surface area (Å²) in [5, 5.41) is 9.75. The van der Waals surface area contributed by atoms with Crippen LogP contribution in [-0.4, -0.2) is 43.1 Å². The summed E-state index contributed by atoms with van der Waals surface area (Å²) in [7, 11) is 0. The fraction of sp³-hybridized carbons (Fsp3) is 0.286. The first-order valence-electron chi connectivity index (χ1n) is 8.46. The molecule has 2 rings (SSSR count). The van der Waals surface area contributed by atoms with Crippen molar-refractivity contribution >= 4 is 5.97 Å². The fourth-order valence-corrected chi connectivity index (χ4v) is 2.08. The first-order chi connectivity index (χ1) is 13.1. The molecule has 142 valence electrons. The van der Waals surface area contributed by atoms with Crippen LogP contribution in [0.3, 0.4) is 0 Å². The van der Waals surface area contributed by atoms with Crippen LogP contribution in [0.15, 0.2) is 60.7 Å². The topological polar surface area (TPSA) is 65.0 Å². The summed E-state index contributed by atoms with van der Waals surface area (Å²) < 4.78 is 28.3. The first kappa shape index (κ1) is 20.4. The molecule has 1 saturated heterocycles. The summed E-state index contributed by atoms with van der Waals surface area (Å²) in [6.45, 7) is 0.492. The Kier molecular flexibility index (Phi) is 8.84. The van der Waals surface area contributed by atoms with E-state index in [1.807, 2.05) is 12.2 Å². The van der Waals surface area contributed by atoms with Gasteiger partial charge in [0, 0.05) is 6.42 Å². The van der Waals surface area contributed by atoms with E-state index in [9.17, 15) is 14.3 Å². The van der Waals surface area contributed by atoms with E-state index >= 15 is 0 Å². The molecule has 6 heteroatoms. The Morgan fingerprint density at radius 1 is 1.26 bits per heavy atom. The van der Waals surface area contributed by atoms with Gasteiger partial charge in [-0.1, -0.05) is 30.1 Å². The highest BCUT2D eigenvalue weighted by Crippen LogP contribution is 2.11. The minimum Gasteiger partial charge on any atom is -0.491 e. The van der Waals surface area contributed by atoms with Crippen molar-refractivity contribution in [3.05, 3.63) is 66.5 Å². The smallest absolute Gasteiger partial charge is 0.332 e. The van der Waals surface area contributed by atoms with Crippen molar-refractivity contribution in [3.63, 3.8) is 0 Å². The molecule has 1 aliphatic rings. The number of allylic oxidation sites excluding steroid dienone is 4. The third kappa shape index (κ3) is 8.86. The van der Waals surface area contributed by atoms with E-state index in [1.165, 1.54) is 36.4 Å². The van der Waals surface area contributed by atoms with Crippen LogP contribution in [0.2, 0.25) is 0 Å². The molecule has 0 spiro atoms. The van der Waals surface area contributed by atoms with Crippen LogP contribution in [0, 0.1) is 17.7 Å². The van der Waals surface area contributed by atoms with E-state index in [0.29, 0.717) is 18.8 Å². The van der Waals surface area contributed by atoms with Crippen molar-refractivity contribution < 1.29 is 28.5 Å². The molecule has 1 aromatic rings. The second kappa shape index (κ2) is 11.7. The van der Waals surface area contributed by atoms with Crippen molar-refractivity contribution in [2.75, 3.05) is 19.8 Å². The SMILES string of the molecule is O=C1COCC(C/C=C/C=C/C#C/C=C/C(O)COc2ccc(F)cc2)O1. The zero-order valence-corrected chi connectivity index (χ0v) is 14.7. The average molecular weight is 372 g/mol. The number of ether oxygens (including phenoxy) is 3. The van der Waals surface area contributed by atoms with Crippen LogP contribution in [0.25, 0.3) is 0 Å². The Morgan fingerprint density at radius 2 is 2.04 bits per heavy atom. The van der Waals surface area contributed by atoms with Crippen molar-refractivity contribution in [1.82, 2.24) is 0 Å². The highest BCUT2D eigenvalue weighted by Gasteiger charge is 2.19. The van der Waals surface area contributed by atoms with Gasteiger partial charge in [0.25, 0.3) is 0 Å². The van der Waals surface area contributed by atoms with Crippen molar-refractivity contribution in [2.45, 2.75) is 18.6 Å². The number of rotatable bonds is 7. The number of esters is 1. The van der Waals surface area contributed by atoms with Gasteiger partial charge in [-0.25, -0.2) is 9.18 Å². The minimum absolute atomic E-state index is 0.0241. The van der Waals surface area contributed by atoms with Gasteiger partial charge in [0.1, 0.15) is 37.0 Å². The van der Waals surface area contributed by atoms with Gasteiger partial charge in [-0.2, -0.15) is 0 Å². The Balaban J connectivity index is 1.61. The number of aliphatic hydroxyl groups is 1. The van der Waals surface area contributed by atoms with Crippen LogP contribution >= 0.6 is 0 Å². The first-order valence-corrected chi connectivity index (χ1v) is 8.46. The van der Waals surface area contributed by atoms with E-state index in [2.05, 4.69) is 11.8 Å². The summed E-state index contributed by atoms with van der Waals surface area (Å²) in [6.07, 6.45) is 9.69. The molecule has 0 bridgehead atoms. The molecule has 1 N–H and O–H groups in total. The maximum atomic E-state index is 12.8. The van der Waals surface area contributed by atoms with Crippen LogP contribution < -0.4 is 4.74 Å². The molecule has 0 aliphatic carbocycles. The maximum Gasteiger partial charge on any atom is 0.332 e. The number of cyclic esters (lactones) is 1. The van der Waals surface area contributed by atoms with Gasteiger partial charge in [-0.15, -0.1) is 0 Å². The number of carbonyl (C=O) groups is 1. The molecule has 0 saturated carbocycles. The number of benzene rings is 1. The Morgan fingerprint density at radius 3 is 2.81 bits per heavy atom. The Bertz CT molecular complexity index is 740. The maximum absolute atomic E-state index is 12.8. The van der Waals surface area contributed by atoms with Crippen molar-refractivity contribution in [3.8, 4) is 17.6 Å². The van der Waals surface area contributed by atoms with Gasteiger partial charge in [-0.05, 0) is 42.5 Å². The lowest BCUT2D eigenvalue weighted by atomic mass is 10.2. The summed E-state index contributed by atoms with van der Waals surface area (Å²) >= 11 is 0. The third-order valence-corrected chi connectivity index (χ3v) is 3.37. The van der Waals surface area contributed by atoms with Crippen LogP contribution in [0.4, 0.5) is 4.39 Å². The van der Waals surface area contributed by atoms with Crippen molar-refractivity contribution in [1.29, 1.82) is 0 Å². The highest BCUT2D eigenvalue weighted by molar-refractivity contribution is 5.71. The number of hydrogen-bond donors (Lipinski definition) is 1. The molecule has 1 heterocycles. The van der Waals surface area contributed by atoms with Crippen LogP contribution in [0.1, 0.15) is 6.42 Å². The second-order valence-corrected chi connectivity index (χ2v) is 5.63. The molecule has 0 radical (unpaired) electrons. The highest BCUT2D eigenvalue weighted by atomic mass is 19.1. The monoisotopic (exact) mass is 372 g/mol. The second-order valence-electron chi connectivity index (χ2n) is 5.63. The van der Waals surface area contributed by atoms with Gasteiger partial charge in [-0.3, -0.25) is 0 Å². The standard InChI is InChI=1S/C21H21FO5/c22-17-10-12-19(13-11-17)26-14-18(23)8-6-4-2-1-3-5-7-9-20-15-25-16-21(24)27-20/h1,3,5-8,10-13,18,20,23H,9,14-16H2/b3-1+,7-5+,8-6+. The van der Waals surface area contributed by atoms with E-state index in [0.717, 1.165) is 0 Å². The van der Waals surface area contributed by atoms with Gasteiger partial charge in [0.15, 0.2) is 0 Å². The molecule has 1 aromatic carbocycles. The molecule has 1 fully saturated rings. The molecule has 0 aromatic heterocycles. The lowest BCUT2D eigenvalue weighted by Gasteiger charge is -2.20. The predicted molar refractivity (Wildman–Crippen MR) is 98.4 cm³/mol. The molecule has 27 heavy (non-hydrogen) atoms. The van der Waals surface area contributed by atoms with E-state index in [-0.39, 0.29) is 31.1 Å². The van der Waals surface area contributed by atoms with Gasteiger partial charge in [0.05, 0.1) is 6.61 Å². The molecular formula is C21H21FO5. The van der Waals surface area contributed by atoms with E-state index in [4.69, 9.17) is 14.2 Å². The van der Waals surface area contributed by atoms with Crippen molar-refractivity contribution in [2.24, 2.45) is 0 Å². The molecule has 2 atom stereocenters. The molecule has 1 aliphatic heterocycles. The number of carbonyl (C=O) groups excluding carboxylic acids is 1. The molecular weight excluding hydrogens is 351 g/mol. The van der Waals surface area contributed by atoms with Crippen LogP contribution in [-0.2, 0) is 14.3 Å². The van der Waals surface area contributed by atoms with Gasteiger partial charge >= 0.3 is 5.97 Å². The normalized spacial score (nSPS) is 18.4. The zero-order valence-electron chi connectivity index (χ0n) is 14.7. The van der Waals surface area contributed by atoms with Crippen LogP contribution in [0.5, 0.6) is 5.75 Å². The number of halogens is 1. The quantitative estimate of drug-likeness (QED) is 0.453. The van der Waals surface area contributed by atoms with Gasteiger partial charge in [0.2, 0.25) is 0 Å². The lowest BCUT2D eigenvalue weighted by molar-refractivity contribution is -0.169. The molecule has 5 nitrogen and oxygen atoms in total.